The summed E-state index contributed by atoms with van der Waals surface area (Å²) in [7, 11) is -1.83. The minimum atomic E-state index is -3.59. The molecule has 0 fully saturated rings. The molecule has 0 spiro atoms. The van der Waals surface area contributed by atoms with Crippen molar-refractivity contribution in [2.24, 2.45) is 13.0 Å². The molecule has 2 atom stereocenters. The van der Waals surface area contributed by atoms with E-state index in [0.29, 0.717) is 16.3 Å². The Balaban J connectivity index is 1.99. The van der Waals surface area contributed by atoms with Gasteiger partial charge in [-0.1, -0.05) is 31.2 Å². The minimum Gasteiger partial charge on any atom is -0.271 e. The molecule has 22 heavy (non-hydrogen) atoms. The van der Waals surface area contributed by atoms with Crippen molar-refractivity contribution >= 4 is 10.0 Å². The fourth-order valence-electron chi connectivity index (χ4n) is 3.34. The number of nitrogens with zero attached hydrogens (tertiary/aromatic N) is 2. The average molecular weight is 319 g/mol. The van der Waals surface area contributed by atoms with E-state index in [-0.39, 0.29) is 12.0 Å². The molecule has 1 N–H and O–H groups in total. The molecule has 3 rings (SSSR count). The molecular formula is C16H21N3O2S. The van der Waals surface area contributed by atoms with E-state index in [1.54, 1.807) is 25.6 Å². The number of hydrogen-bond acceptors (Lipinski definition) is 3. The number of aryl methyl sites for hydroxylation is 2. The lowest BCUT2D eigenvalue weighted by Crippen LogP contribution is -2.31. The van der Waals surface area contributed by atoms with Gasteiger partial charge < -0.3 is 0 Å². The number of nitrogens with one attached hydrogen (secondary N) is 1. The SMILES string of the molecule is Cc1nn(C)c(C)c1S(=O)(=O)N[C@@H]1c2ccccc2C[C@@H]1C. The third kappa shape index (κ3) is 2.36. The van der Waals surface area contributed by atoms with Gasteiger partial charge in [-0.2, -0.15) is 5.10 Å². The molecule has 0 bridgehead atoms. The zero-order chi connectivity index (χ0) is 16.1. The maximum atomic E-state index is 12.8. The molecule has 6 heteroatoms. The van der Waals surface area contributed by atoms with E-state index in [4.69, 9.17) is 0 Å². The van der Waals surface area contributed by atoms with Crippen molar-refractivity contribution < 1.29 is 8.42 Å². The van der Waals surface area contributed by atoms with Gasteiger partial charge in [0.25, 0.3) is 0 Å². The summed E-state index contributed by atoms with van der Waals surface area (Å²) in [5.74, 6) is 0.240. The summed E-state index contributed by atoms with van der Waals surface area (Å²) in [6.07, 6.45) is 0.897. The lowest BCUT2D eigenvalue weighted by Gasteiger charge is -2.19. The number of benzene rings is 1. The summed E-state index contributed by atoms with van der Waals surface area (Å²) >= 11 is 0. The van der Waals surface area contributed by atoms with Crippen LogP contribution in [0.15, 0.2) is 29.2 Å². The van der Waals surface area contributed by atoms with Crippen molar-refractivity contribution in [3.8, 4) is 0 Å². The first-order valence-electron chi connectivity index (χ1n) is 7.41. The van der Waals surface area contributed by atoms with E-state index in [0.717, 1.165) is 12.0 Å². The lowest BCUT2D eigenvalue weighted by atomic mass is 10.0. The Bertz CT molecular complexity index is 824. The van der Waals surface area contributed by atoms with E-state index in [2.05, 4.69) is 22.8 Å². The normalized spacial score (nSPS) is 21.1. The van der Waals surface area contributed by atoms with Crippen molar-refractivity contribution in [2.45, 2.75) is 38.1 Å². The monoisotopic (exact) mass is 319 g/mol. The van der Waals surface area contributed by atoms with Gasteiger partial charge in [0.1, 0.15) is 4.90 Å². The average Bonchev–Trinajstić information content (AvgIpc) is 2.88. The summed E-state index contributed by atoms with van der Waals surface area (Å²) in [4.78, 5) is 0.298. The van der Waals surface area contributed by atoms with Crippen LogP contribution >= 0.6 is 0 Å². The zero-order valence-electron chi connectivity index (χ0n) is 13.3. The highest BCUT2D eigenvalue weighted by atomic mass is 32.2. The molecule has 1 aliphatic carbocycles. The van der Waals surface area contributed by atoms with Crippen LogP contribution in [0.1, 0.15) is 35.5 Å². The van der Waals surface area contributed by atoms with E-state index >= 15 is 0 Å². The molecule has 0 unspecified atom stereocenters. The van der Waals surface area contributed by atoms with Crippen LogP contribution in [0.2, 0.25) is 0 Å². The van der Waals surface area contributed by atoms with Crippen LogP contribution in [0.25, 0.3) is 0 Å². The molecule has 0 amide bonds. The number of fused-ring (bicyclic) bond motifs is 1. The topological polar surface area (TPSA) is 64.0 Å². The standard InChI is InChI=1S/C16H21N3O2S/c1-10-9-13-7-5-6-8-14(13)15(10)18-22(20,21)16-11(2)17-19(4)12(16)3/h5-8,10,15,18H,9H2,1-4H3/t10-,15-/m0/s1. The summed E-state index contributed by atoms with van der Waals surface area (Å²) in [6.45, 7) is 5.59. The first-order chi connectivity index (χ1) is 10.3. The highest BCUT2D eigenvalue weighted by Gasteiger charge is 2.34. The Morgan fingerprint density at radius 1 is 1.27 bits per heavy atom. The number of sulfonamides is 1. The number of rotatable bonds is 3. The van der Waals surface area contributed by atoms with E-state index in [9.17, 15) is 8.42 Å². The van der Waals surface area contributed by atoms with Gasteiger partial charge in [0, 0.05) is 7.05 Å². The maximum Gasteiger partial charge on any atom is 0.244 e. The quantitative estimate of drug-likeness (QED) is 0.944. The summed E-state index contributed by atoms with van der Waals surface area (Å²) < 4.78 is 30.2. The Hall–Kier alpha value is -1.66. The van der Waals surface area contributed by atoms with Gasteiger partial charge in [0.15, 0.2) is 0 Å². The second kappa shape index (κ2) is 5.21. The van der Waals surface area contributed by atoms with Gasteiger partial charge in [0.2, 0.25) is 10.0 Å². The third-order valence-corrected chi connectivity index (χ3v) is 6.19. The van der Waals surface area contributed by atoms with Crippen molar-refractivity contribution in [3.05, 3.63) is 46.8 Å². The van der Waals surface area contributed by atoms with E-state index in [1.165, 1.54) is 5.56 Å². The van der Waals surface area contributed by atoms with Gasteiger partial charge in [-0.15, -0.1) is 0 Å². The van der Waals surface area contributed by atoms with Crippen molar-refractivity contribution in [1.82, 2.24) is 14.5 Å². The van der Waals surface area contributed by atoms with Crippen LogP contribution in [0.5, 0.6) is 0 Å². The second-order valence-electron chi connectivity index (χ2n) is 6.10. The highest BCUT2D eigenvalue weighted by Crippen LogP contribution is 2.37. The van der Waals surface area contributed by atoms with Crippen LogP contribution in [0, 0.1) is 19.8 Å². The molecule has 1 heterocycles. The van der Waals surface area contributed by atoms with Gasteiger partial charge >= 0.3 is 0 Å². The largest absolute Gasteiger partial charge is 0.271 e. The molecule has 0 aliphatic heterocycles. The first kappa shape index (κ1) is 15.2. The fraction of sp³-hybridized carbons (Fsp3) is 0.438. The van der Waals surface area contributed by atoms with Crippen LogP contribution in [0.3, 0.4) is 0 Å². The summed E-state index contributed by atoms with van der Waals surface area (Å²) in [5.41, 5.74) is 3.50. The highest BCUT2D eigenvalue weighted by molar-refractivity contribution is 7.89. The van der Waals surface area contributed by atoms with Crippen molar-refractivity contribution in [3.63, 3.8) is 0 Å². The van der Waals surface area contributed by atoms with Crippen molar-refractivity contribution in [2.75, 3.05) is 0 Å². The molecular weight excluding hydrogens is 298 g/mol. The molecule has 2 aromatic rings. The second-order valence-corrected chi connectivity index (χ2v) is 7.75. The first-order valence-corrected chi connectivity index (χ1v) is 8.90. The predicted octanol–water partition coefficient (Wildman–Crippen LogP) is 2.25. The molecule has 1 aromatic carbocycles. The Morgan fingerprint density at radius 3 is 2.59 bits per heavy atom. The molecule has 5 nitrogen and oxygen atoms in total. The molecule has 1 aliphatic rings. The van der Waals surface area contributed by atoms with Gasteiger partial charge in [0.05, 0.1) is 17.4 Å². The van der Waals surface area contributed by atoms with Gasteiger partial charge in [-0.25, -0.2) is 13.1 Å². The van der Waals surface area contributed by atoms with Crippen LogP contribution in [-0.4, -0.2) is 18.2 Å². The molecule has 0 radical (unpaired) electrons. The minimum absolute atomic E-state index is 0.180. The van der Waals surface area contributed by atoms with E-state index < -0.39 is 10.0 Å². The van der Waals surface area contributed by atoms with E-state index in [1.807, 2.05) is 18.2 Å². The molecule has 0 saturated carbocycles. The fourth-order valence-corrected chi connectivity index (χ4v) is 5.11. The Morgan fingerprint density at radius 2 is 1.95 bits per heavy atom. The third-order valence-electron chi connectivity index (χ3n) is 4.49. The van der Waals surface area contributed by atoms with Crippen LogP contribution in [-0.2, 0) is 23.5 Å². The summed E-state index contributed by atoms with van der Waals surface area (Å²) in [5, 5.41) is 4.21. The molecule has 118 valence electrons. The Labute approximate surface area is 131 Å². The van der Waals surface area contributed by atoms with Crippen LogP contribution < -0.4 is 4.72 Å². The lowest BCUT2D eigenvalue weighted by molar-refractivity contribution is 0.465. The van der Waals surface area contributed by atoms with Crippen molar-refractivity contribution in [1.29, 1.82) is 0 Å². The number of hydrogen-bond donors (Lipinski definition) is 1. The summed E-state index contributed by atoms with van der Waals surface area (Å²) in [6, 6.07) is 7.85. The molecule has 1 aromatic heterocycles. The smallest absolute Gasteiger partial charge is 0.244 e. The van der Waals surface area contributed by atoms with Gasteiger partial charge in [-0.3, -0.25) is 4.68 Å². The van der Waals surface area contributed by atoms with Gasteiger partial charge in [-0.05, 0) is 37.3 Å². The maximum absolute atomic E-state index is 12.8. The molecule has 0 saturated heterocycles. The van der Waals surface area contributed by atoms with Crippen LogP contribution in [0.4, 0.5) is 0 Å². The predicted molar refractivity (Wildman–Crippen MR) is 85.1 cm³/mol. The Kier molecular flexibility index (Phi) is 3.61. The number of aromatic nitrogens is 2. The zero-order valence-corrected chi connectivity index (χ0v) is 14.1.